The first-order chi connectivity index (χ1) is 19.7. The molecule has 0 spiro atoms. The van der Waals surface area contributed by atoms with Crippen LogP contribution in [-0.2, 0) is 11.0 Å². The van der Waals surface area contributed by atoms with Crippen molar-refractivity contribution in [2.24, 2.45) is 0 Å². The minimum Gasteiger partial charge on any atom is -0.341 e. The summed E-state index contributed by atoms with van der Waals surface area (Å²) in [5.74, 6) is 0. The van der Waals surface area contributed by atoms with E-state index in [1.54, 1.807) is 12.2 Å². The smallest absolute Gasteiger partial charge is 0.111 e. The first-order valence-electron chi connectivity index (χ1n) is 13.9. The Kier molecular flexibility index (Phi) is 10.8. The Bertz CT molecular complexity index is 1420. The molecule has 3 aromatic carbocycles. The number of rotatable bonds is 13. The van der Waals surface area contributed by atoms with Crippen LogP contribution >= 0.6 is 0 Å². The second-order valence-corrected chi connectivity index (χ2v) is 10.4. The summed E-state index contributed by atoms with van der Waals surface area (Å²) < 4.78 is 0. The predicted molar refractivity (Wildman–Crippen MR) is 181 cm³/mol. The highest BCUT2D eigenvalue weighted by Gasteiger charge is 2.33. The number of hydrogen-bond donors (Lipinski definition) is 0. The zero-order chi connectivity index (χ0) is 29.9. The Morgan fingerprint density at radius 1 is 0.634 bits per heavy atom. The highest BCUT2D eigenvalue weighted by atomic mass is 15.2. The van der Waals surface area contributed by atoms with Crippen LogP contribution in [0.3, 0.4) is 0 Å². The van der Waals surface area contributed by atoms with E-state index in [2.05, 4.69) is 116 Å². The fraction of sp³-hybridized carbons (Fsp3) is 0.158. The van der Waals surface area contributed by atoms with Gasteiger partial charge in [-0.15, -0.1) is 0 Å². The molecule has 3 rings (SSSR count). The molecule has 0 aliphatic carbocycles. The third-order valence-electron chi connectivity index (χ3n) is 7.06. The minimum absolute atomic E-state index is 0.413. The number of nitrogens with zero attached hydrogens (tertiary/aromatic N) is 2. The molecule has 0 heterocycles. The SMILES string of the molecule is [B]C(C)(c1ccc(C(C)(C)N(C(/C=C\C=C)=C/C=C)c2ccccc2)cc1)N(C(/C=C\C)=C/C=C)c1ccccc1. The van der Waals surface area contributed by atoms with Crippen molar-refractivity contribution < 1.29 is 0 Å². The van der Waals surface area contributed by atoms with Crippen LogP contribution < -0.4 is 9.80 Å². The zero-order valence-corrected chi connectivity index (χ0v) is 24.9. The van der Waals surface area contributed by atoms with Gasteiger partial charge in [-0.2, -0.15) is 0 Å². The molecule has 0 aliphatic heterocycles. The van der Waals surface area contributed by atoms with Gasteiger partial charge in [0.05, 0.1) is 5.54 Å². The van der Waals surface area contributed by atoms with Gasteiger partial charge in [0.1, 0.15) is 7.85 Å². The second kappa shape index (κ2) is 14.2. The van der Waals surface area contributed by atoms with Gasteiger partial charge in [0.2, 0.25) is 0 Å². The molecule has 0 saturated heterocycles. The molecule has 2 radical (unpaired) electrons. The van der Waals surface area contributed by atoms with Crippen LogP contribution in [0, 0.1) is 0 Å². The first-order valence-corrected chi connectivity index (χ1v) is 13.9. The molecule has 0 aromatic heterocycles. The van der Waals surface area contributed by atoms with Crippen molar-refractivity contribution in [2.75, 3.05) is 9.80 Å². The normalized spacial score (nSPS) is 14.0. The maximum absolute atomic E-state index is 7.20. The Morgan fingerprint density at radius 2 is 1.10 bits per heavy atom. The molecule has 3 aromatic rings. The fourth-order valence-corrected chi connectivity index (χ4v) is 5.10. The number of allylic oxidation sites excluding steroid dienone is 9. The van der Waals surface area contributed by atoms with Crippen molar-refractivity contribution in [3.8, 4) is 0 Å². The van der Waals surface area contributed by atoms with E-state index < -0.39 is 11.0 Å². The predicted octanol–water partition coefficient (Wildman–Crippen LogP) is 9.73. The van der Waals surface area contributed by atoms with Gasteiger partial charge in [-0.25, -0.2) is 0 Å². The summed E-state index contributed by atoms with van der Waals surface area (Å²) in [7, 11) is 7.20. The molecule has 3 heteroatoms. The lowest BCUT2D eigenvalue weighted by Crippen LogP contribution is -2.44. The maximum atomic E-state index is 7.20. The van der Waals surface area contributed by atoms with Crippen LogP contribution in [-0.4, -0.2) is 7.85 Å². The van der Waals surface area contributed by atoms with Gasteiger partial charge in [-0.05, 0) is 87.4 Å². The van der Waals surface area contributed by atoms with Crippen molar-refractivity contribution in [1.82, 2.24) is 0 Å². The molecule has 1 unspecified atom stereocenters. The third kappa shape index (κ3) is 7.18. The molecule has 2 nitrogen and oxygen atoms in total. The minimum atomic E-state index is -0.849. The lowest BCUT2D eigenvalue weighted by Gasteiger charge is -2.44. The fourth-order valence-electron chi connectivity index (χ4n) is 5.10. The van der Waals surface area contributed by atoms with Gasteiger partial charge in [-0.3, -0.25) is 0 Å². The molecule has 1 atom stereocenters. The Balaban J connectivity index is 2.13. The van der Waals surface area contributed by atoms with E-state index in [-0.39, 0.29) is 0 Å². The van der Waals surface area contributed by atoms with Crippen molar-refractivity contribution in [2.45, 2.75) is 38.7 Å². The maximum Gasteiger partial charge on any atom is 0.111 e. The molecule has 0 saturated carbocycles. The lowest BCUT2D eigenvalue weighted by molar-refractivity contribution is 0.521. The Morgan fingerprint density at radius 3 is 1.56 bits per heavy atom. The lowest BCUT2D eigenvalue weighted by atomic mass is 9.71. The van der Waals surface area contributed by atoms with E-state index in [1.807, 2.05) is 68.5 Å². The van der Waals surface area contributed by atoms with Crippen LogP contribution in [0.1, 0.15) is 38.8 Å². The molecule has 41 heavy (non-hydrogen) atoms. The van der Waals surface area contributed by atoms with Crippen molar-refractivity contribution >= 4 is 19.2 Å². The summed E-state index contributed by atoms with van der Waals surface area (Å²) in [6, 6.07) is 29.2. The Hall–Kier alpha value is -4.50. The molecule has 0 amide bonds. The van der Waals surface area contributed by atoms with E-state index in [9.17, 15) is 0 Å². The van der Waals surface area contributed by atoms with E-state index in [4.69, 9.17) is 7.85 Å². The van der Waals surface area contributed by atoms with Crippen LogP contribution in [0.5, 0.6) is 0 Å². The average Bonchev–Trinajstić information content (AvgIpc) is 2.97. The first kappa shape index (κ1) is 31.0. The standard InChI is InChI=1S/C38H41BN2/c1-8-12-22-34(21-11-4)40(35-23-15-13-16-24-35)37(5,6)31-27-29-32(30-28-31)38(7,39)41(33(19-9-2)20-10-3)36-25-17-14-18-26-36/h8-30H,1-2,4H2,3,5-7H3/b20-10-,22-12-,33-19+,34-21+. The molecule has 0 N–H and O–H groups in total. The monoisotopic (exact) mass is 536 g/mol. The van der Waals surface area contributed by atoms with Gasteiger partial charge in [0.25, 0.3) is 0 Å². The van der Waals surface area contributed by atoms with Gasteiger partial charge in [0, 0.05) is 28.2 Å². The van der Waals surface area contributed by atoms with Gasteiger partial charge in [-0.1, -0.05) is 111 Å². The number of anilines is 2. The molecule has 0 aliphatic rings. The number of benzene rings is 3. The molecular weight excluding hydrogens is 495 g/mol. The second-order valence-electron chi connectivity index (χ2n) is 10.4. The van der Waals surface area contributed by atoms with Crippen LogP contribution in [0.2, 0.25) is 0 Å². The highest BCUT2D eigenvalue weighted by molar-refractivity contribution is 6.17. The van der Waals surface area contributed by atoms with Crippen LogP contribution in [0.15, 0.2) is 171 Å². The Labute approximate surface area is 249 Å². The quantitative estimate of drug-likeness (QED) is 0.158. The van der Waals surface area contributed by atoms with E-state index in [0.29, 0.717) is 0 Å². The zero-order valence-electron chi connectivity index (χ0n) is 24.9. The van der Waals surface area contributed by atoms with Crippen molar-refractivity contribution in [3.63, 3.8) is 0 Å². The summed E-state index contributed by atoms with van der Waals surface area (Å²) in [6.07, 6.45) is 17.5. The average molecular weight is 537 g/mol. The largest absolute Gasteiger partial charge is 0.341 e. The van der Waals surface area contributed by atoms with Gasteiger partial charge >= 0.3 is 0 Å². The molecular formula is C38H41BN2. The van der Waals surface area contributed by atoms with Gasteiger partial charge < -0.3 is 9.80 Å². The summed E-state index contributed by atoms with van der Waals surface area (Å²) in [6.45, 7) is 20.3. The molecule has 0 fully saturated rings. The third-order valence-corrected chi connectivity index (χ3v) is 7.06. The van der Waals surface area contributed by atoms with E-state index >= 15 is 0 Å². The van der Waals surface area contributed by atoms with Crippen molar-refractivity contribution in [3.05, 3.63) is 182 Å². The summed E-state index contributed by atoms with van der Waals surface area (Å²) in [4.78, 5) is 4.47. The van der Waals surface area contributed by atoms with Gasteiger partial charge in [0.15, 0.2) is 0 Å². The number of hydrogen-bond acceptors (Lipinski definition) is 2. The molecule has 206 valence electrons. The summed E-state index contributed by atoms with van der Waals surface area (Å²) in [5, 5.41) is 0. The van der Waals surface area contributed by atoms with Crippen molar-refractivity contribution in [1.29, 1.82) is 0 Å². The summed E-state index contributed by atoms with van der Waals surface area (Å²) in [5.41, 5.74) is 4.89. The van der Waals surface area contributed by atoms with Crippen LogP contribution in [0.4, 0.5) is 11.4 Å². The topological polar surface area (TPSA) is 6.48 Å². The van der Waals surface area contributed by atoms with E-state index in [1.165, 1.54) is 0 Å². The molecule has 0 bridgehead atoms. The van der Waals surface area contributed by atoms with E-state index in [0.717, 1.165) is 33.9 Å². The highest BCUT2D eigenvalue weighted by Crippen LogP contribution is 2.39. The summed E-state index contributed by atoms with van der Waals surface area (Å²) >= 11 is 0. The van der Waals surface area contributed by atoms with Crippen LogP contribution in [0.25, 0.3) is 0 Å². The number of para-hydroxylation sites is 2.